The van der Waals surface area contributed by atoms with Crippen LogP contribution in [0.3, 0.4) is 0 Å². The van der Waals surface area contributed by atoms with E-state index in [1.807, 2.05) is 0 Å². The van der Waals surface area contributed by atoms with E-state index < -0.39 is 0 Å². The van der Waals surface area contributed by atoms with E-state index in [1.165, 1.54) is 0 Å². The number of amides is 1. The first-order valence-electron chi connectivity index (χ1n) is 6.38. The quantitative estimate of drug-likeness (QED) is 0.690. The minimum Gasteiger partial charge on any atom is -0.340 e. The zero-order valence-electron chi connectivity index (χ0n) is 10.4. The predicted molar refractivity (Wildman–Crippen MR) is 64.3 cm³/mol. The van der Waals surface area contributed by atoms with Gasteiger partial charge in [0.15, 0.2) is 0 Å². The molecule has 2 atom stereocenters. The van der Waals surface area contributed by atoms with Crippen LogP contribution in [0, 0.1) is 5.92 Å². The standard InChI is InChI=1S/C12H23N3O/c1-10-9-15(7-6-14(10)2)12(16)11-4-3-5-13-8-11/h10-11,13H,3-9H2,1-2H3/t10?,11-/m0/s1. The number of nitrogens with zero attached hydrogens (tertiary/aromatic N) is 2. The highest BCUT2D eigenvalue weighted by Crippen LogP contribution is 2.16. The molecule has 2 aliphatic rings. The Morgan fingerprint density at radius 2 is 2.19 bits per heavy atom. The molecule has 1 unspecified atom stereocenters. The summed E-state index contributed by atoms with van der Waals surface area (Å²) in [4.78, 5) is 16.7. The number of piperazine rings is 1. The van der Waals surface area contributed by atoms with Crippen LogP contribution in [0.5, 0.6) is 0 Å². The Balaban J connectivity index is 1.89. The predicted octanol–water partition coefficient (Wildman–Crippen LogP) is 0.149. The fraction of sp³-hybridized carbons (Fsp3) is 0.917. The summed E-state index contributed by atoms with van der Waals surface area (Å²) in [5.41, 5.74) is 0. The molecule has 0 radical (unpaired) electrons. The Morgan fingerprint density at radius 3 is 2.81 bits per heavy atom. The molecule has 1 amide bonds. The molecule has 0 saturated carbocycles. The van der Waals surface area contributed by atoms with Crippen LogP contribution in [0.1, 0.15) is 19.8 Å². The molecule has 1 N–H and O–H groups in total. The number of hydrogen-bond donors (Lipinski definition) is 1. The molecule has 0 aromatic rings. The van der Waals surface area contributed by atoms with E-state index in [0.29, 0.717) is 11.9 Å². The summed E-state index contributed by atoms with van der Waals surface area (Å²) in [6.45, 7) is 6.94. The van der Waals surface area contributed by atoms with Gasteiger partial charge in [-0.15, -0.1) is 0 Å². The summed E-state index contributed by atoms with van der Waals surface area (Å²) in [5, 5.41) is 3.32. The SMILES string of the molecule is CC1CN(C(=O)[C@H]2CCCNC2)CCN1C. The average molecular weight is 225 g/mol. The molecule has 0 spiro atoms. The molecule has 0 bridgehead atoms. The third-order valence-corrected chi connectivity index (χ3v) is 3.92. The van der Waals surface area contributed by atoms with Gasteiger partial charge in [-0.2, -0.15) is 0 Å². The maximum atomic E-state index is 12.3. The first-order valence-corrected chi connectivity index (χ1v) is 6.38. The Morgan fingerprint density at radius 1 is 1.38 bits per heavy atom. The van der Waals surface area contributed by atoms with Gasteiger partial charge in [-0.3, -0.25) is 4.79 Å². The van der Waals surface area contributed by atoms with Crippen molar-refractivity contribution in [2.45, 2.75) is 25.8 Å². The van der Waals surface area contributed by atoms with Gasteiger partial charge in [0.2, 0.25) is 5.91 Å². The van der Waals surface area contributed by atoms with Gasteiger partial charge in [0.25, 0.3) is 0 Å². The van der Waals surface area contributed by atoms with E-state index in [-0.39, 0.29) is 5.92 Å². The third-order valence-electron chi connectivity index (χ3n) is 3.92. The van der Waals surface area contributed by atoms with Crippen LogP contribution in [-0.4, -0.2) is 61.5 Å². The molecule has 2 aliphatic heterocycles. The summed E-state index contributed by atoms with van der Waals surface area (Å²) < 4.78 is 0. The van der Waals surface area contributed by atoms with Crippen molar-refractivity contribution in [1.29, 1.82) is 0 Å². The van der Waals surface area contributed by atoms with E-state index >= 15 is 0 Å². The summed E-state index contributed by atoms with van der Waals surface area (Å²) in [7, 11) is 2.13. The van der Waals surface area contributed by atoms with E-state index in [0.717, 1.165) is 45.6 Å². The van der Waals surface area contributed by atoms with Gasteiger partial charge in [-0.25, -0.2) is 0 Å². The highest BCUT2D eigenvalue weighted by Gasteiger charge is 2.29. The molecule has 2 rings (SSSR count). The molecule has 16 heavy (non-hydrogen) atoms. The Kier molecular flexibility index (Phi) is 3.82. The van der Waals surface area contributed by atoms with Crippen molar-refractivity contribution in [2.24, 2.45) is 5.92 Å². The summed E-state index contributed by atoms with van der Waals surface area (Å²) in [5.74, 6) is 0.594. The second-order valence-corrected chi connectivity index (χ2v) is 5.16. The molecule has 2 heterocycles. The molecular weight excluding hydrogens is 202 g/mol. The lowest BCUT2D eigenvalue weighted by molar-refractivity contribution is -0.138. The maximum absolute atomic E-state index is 12.3. The van der Waals surface area contributed by atoms with Crippen molar-refractivity contribution < 1.29 is 4.79 Å². The highest BCUT2D eigenvalue weighted by molar-refractivity contribution is 5.79. The Hall–Kier alpha value is -0.610. The normalized spacial score (nSPS) is 32.8. The van der Waals surface area contributed by atoms with Crippen LogP contribution < -0.4 is 5.32 Å². The average Bonchev–Trinajstić information content (AvgIpc) is 2.33. The number of piperidine rings is 1. The minimum atomic E-state index is 0.226. The van der Waals surface area contributed by atoms with Crippen molar-refractivity contribution in [3.05, 3.63) is 0 Å². The molecule has 92 valence electrons. The van der Waals surface area contributed by atoms with Gasteiger partial charge in [0.1, 0.15) is 0 Å². The van der Waals surface area contributed by atoms with E-state index in [2.05, 4.69) is 29.1 Å². The molecule has 0 aromatic heterocycles. The largest absolute Gasteiger partial charge is 0.340 e. The summed E-state index contributed by atoms with van der Waals surface area (Å²) >= 11 is 0. The maximum Gasteiger partial charge on any atom is 0.227 e. The van der Waals surface area contributed by atoms with Gasteiger partial charge in [0, 0.05) is 32.2 Å². The number of nitrogens with one attached hydrogen (secondary N) is 1. The molecule has 2 fully saturated rings. The van der Waals surface area contributed by atoms with Crippen LogP contribution in [0.2, 0.25) is 0 Å². The van der Waals surface area contributed by atoms with E-state index in [9.17, 15) is 4.79 Å². The third kappa shape index (κ3) is 2.55. The summed E-state index contributed by atoms with van der Waals surface area (Å²) in [6, 6.07) is 0.495. The second kappa shape index (κ2) is 5.15. The van der Waals surface area contributed by atoms with Crippen LogP contribution in [0.25, 0.3) is 0 Å². The molecule has 4 nitrogen and oxygen atoms in total. The van der Waals surface area contributed by atoms with E-state index in [4.69, 9.17) is 0 Å². The molecule has 4 heteroatoms. The van der Waals surface area contributed by atoms with E-state index in [1.54, 1.807) is 0 Å². The molecule has 0 aliphatic carbocycles. The first kappa shape index (κ1) is 11.9. The minimum absolute atomic E-state index is 0.226. The van der Waals surface area contributed by atoms with Crippen LogP contribution >= 0.6 is 0 Å². The molecule has 0 aromatic carbocycles. The van der Waals surface area contributed by atoms with Gasteiger partial charge < -0.3 is 15.1 Å². The number of hydrogen-bond acceptors (Lipinski definition) is 3. The first-order chi connectivity index (χ1) is 7.68. The lowest BCUT2D eigenvalue weighted by atomic mass is 9.97. The number of carbonyl (C=O) groups excluding carboxylic acids is 1. The smallest absolute Gasteiger partial charge is 0.227 e. The van der Waals surface area contributed by atoms with Gasteiger partial charge in [-0.05, 0) is 33.4 Å². The zero-order chi connectivity index (χ0) is 11.5. The van der Waals surface area contributed by atoms with Gasteiger partial charge in [-0.1, -0.05) is 0 Å². The summed E-state index contributed by atoms with van der Waals surface area (Å²) in [6.07, 6.45) is 2.20. The fourth-order valence-corrected chi connectivity index (χ4v) is 2.57. The highest BCUT2D eigenvalue weighted by atomic mass is 16.2. The van der Waals surface area contributed by atoms with Crippen molar-refractivity contribution in [2.75, 3.05) is 39.8 Å². The van der Waals surface area contributed by atoms with Crippen LogP contribution in [0.4, 0.5) is 0 Å². The molecular formula is C12H23N3O. The Labute approximate surface area is 98.0 Å². The van der Waals surface area contributed by atoms with Crippen molar-refractivity contribution in [3.63, 3.8) is 0 Å². The van der Waals surface area contributed by atoms with Crippen LogP contribution in [0.15, 0.2) is 0 Å². The number of carbonyl (C=O) groups is 1. The Bertz CT molecular complexity index is 251. The van der Waals surface area contributed by atoms with Crippen LogP contribution in [-0.2, 0) is 4.79 Å². The second-order valence-electron chi connectivity index (χ2n) is 5.16. The van der Waals surface area contributed by atoms with Crippen molar-refractivity contribution >= 4 is 5.91 Å². The monoisotopic (exact) mass is 225 g/mol. The lowest BCUT2D eigenvalue weighted by Crippen LogP contribution is -2.54. The fourth-order valence-electron chi connectivity index (χ4n) is 2.57. The topological polar surface area (TPSA) is 35.6 Å². The number of likely N-dealkylation sites (N-methyl/N-ethyl adjacent to an activating group) is 1. The van der Waals surface area contributed by atoms with Crippen molar-refractivity contribution in [1.82, 2.24) is 15.1 Å². The lowest BCUT2D eigenvalue weighted by Gasteiger charge is -2.39. The van der Waals surface area contributed by atoms with Gasteiger partial charge >= 0.3 is 0 Å². The van der Waals surface area contributed by atoms with Crippen molar-refractivity contribution in [3.8, 4) is 0 Å². The molecule has 2 saturated heterocycles. The number of rotatable bonds is 1. The van der Waals surface area contributed by atoms with Gasteiger partial charge in [0.05, 0.1) is 5.92 Å². The zero-order valence-corrected chi connectivity index (χ0v) is 10.4.